The summed E-state index contributed by atoms with van der Waals surface area (Å²) in [5.74, 6) is -0.391. The van der Waals surface area contributed by atoms with Crippen molar-refractivity contribution in [2.24, 2.45) is 0 Å². The summed E-state index contributed by atoms with van der Waals surface area (Å²) in [7, 11) is -3.98. The Kier molecular flexibility index (Phi) is 8.16. The zero-order valence-electron chi connectivity index (χ0n) is 19.1. The van der Waals surface area contributed by atoms with Gasteiger partial charge in [0.2, 0.25) is 5.91 Å². The van der Waals surface area contributed by atoms with Crippen molar-refractivity contribution in [1.29, 1.82) is 0 Å². The molecule has 0 atom stereocenters. The first-order chi connectivity index (χ1) is 15.8. The lowest BCUT2D eigenvalue weighted by Crippen LogP contribution is -2.41. The molecule has 0 saturated heterocycles. The number of rotatable bonds is 9. The highest BCUT2D eigenvalue weighted by Crippen LogP contribution is 2.30. The van der Waals surface area contributed by atoms with Crippen molar-refractivity contribution in [2.45, 2.75) is 45.1 Å². The van der Waals surface area contributed by atoms with Crippen LogP contribution < -0.4 is 9.62 Å². The fraction of sp³-hybridized carbons (Fsp3) is 0.269. The number of carbonyl (C=O) groups excluding carboxylic acids is 1. The highest BCUT2D eigenvalue weighted by molar-refractivity contribution is 7.92. The average Bonchev–Trinajstić information content (AvgIpc) is 2.83. The third kappa shape index (κ3) is 5.75. The molecule has 0 spiro atoms. The second kappa shape index (κ2) is 10.9. The van der Waals surface area contributed by atoms with Gasteiger partial charge >= 0.3 is 0 Å². The van der Waals surface area contributed by atoms with Gasteiger partial charge in [0.15, 0.2) is 0 Å². The van der Waals surface area contributed by atoms with Gasteiger partial charge in [-0.15, -0.1) is 0 Å². The molecule has 0 heterocycles. The molecule has 0 unspecified atom stereocenters. The summed E-state index contributed by atoms with van der Waals surface area (Å²) in [6, 6.07) is 19.4. The summed E-state index contributed by atoms with van der Waals surface area (Å²) in [5, 5.41) is 3.34. The predicted octanol–water partition coefficient (Wildman–Crippen LogP) is 5.28. The highest BCUT2D eigenvalue weighted by Gasteiger charge is 2.28. The summed E-state index contributed by atoms with van der Waals surface area (Å²) in [6.45, 7) is 5.88. The van der Waals surface area contributed by atoms with Gasteiger partial charge in [0.1, 0.15) is 6.54 Å². The summed E-state index contributed by atoms with van der Waals surface area (Å²) in [4.78, 5) is 13.1. The number of hydrogen-bond donors (Lipinski definition) is 1. The van der Waals surface area contributed by atoms with Gasteiger partial charge in [-0.1, -0.05) is 67.9 Å². The fourth-order valence-corrected chi connectivity index (χ4v) is 5.34. The zero-order chi connectivity index (χ0) is 24.0. The van der Waals surface area contributed by atoms with Crippen LogP contribution in [0.2, 0.25) is 5.02 Å². The first-order valence-electron chi connectivity index (χ1n) is 11.0. The Morgan fingerprint density at radius 3 is 2.33 bits per heavy atom. The lowest BCUT2D eigenvalue weighted by molar-refractivity contribution is -0.119. The Hall–Kier alpha value is -2.83. The maximum atomic E-state index is 13.5. The molecule has 3 aromatic rings. The fourth-order valence-electron chi connectivity index (χ4n) is 3.67. The van der Waals surface area contributed by atoms with Crippen molar-refractivity contribution in [1.82, 2.24) is 5.32 Å². The van der Waals surface area contributed by atoms with Crippen LogP contribution in [0.5, 0.6) is 0 Å². The molecule has 0 saturated carbocycles. The van der Waals surface area contributed by atoms with Gasteiger partial charge in [-0.25, -0.2) is 8.42 Å². The molecule has 0 aromatic heterocycles. The predicted molar refractivity (Wildman–Crippen MR) is 134 cm³/mol. The van der Waals surface area contributed by atoms with E-state index in [0.29, 0.717) is 22.8 Å². The molecule has 33 heavy (non-hydrogen) atoms. The van der Waals surface area contributed by atoms with Gasteiger partial charge in [-0.3, -0.25) is 9.10 Å². The Morgan fingerprint density at radius 1 is 0.939 bits per heavy atom. The van der Waals surface area contributed by atoms with E-state index in [1.165, 1.54) is 17.7 Å². The van der Waals surface area contributed by atoms with Gasteiger partial charge in [0, 0.05) is 11.6 Å². The average molecular weight is 485 g/mol. The first kappa shape index (κ1) is 24.8. The van der Waals surface area contributed by atoms with Crippen molar-refractivity contribution in [3.05, 3.63) is 94.0 Å². The molecule has 3 aromatic carbocycles. The summed E-state index contributed by atoms with van der Waals surface area (Å²) >= 11 is 6.27. The largest absolute Gasteiger partial charge is 0.350 e. The molecular weight excluding hydrogens is 456 g/mol. The van der Waals surface area contributed by atoms with E-state index in [2.05, 4.69) is 37.4 Å². The van der Waals surface area contributed by atoms with Crippen LogP contribution in [-0.2, 0) is 34.2 Å². The second-order valence-corrected chi connectivity index (χ2v) is 10.1. The van der Waals surface area contributed by atoms with E-state index >= 15 is 0 Å². The number of sulfonamides is 1. The molecule has 0 aliphatic heterocycles. The van der Waals surface area contributed by atoms with Crippen molar-refractivity contribution in [2.75, 3.05) is 10.8 Å². The summed E-state index contributed by atoms with van der Waals surface area (Å²) in [5.41, 5.74) is 4.37. The Bertz CT molecular complexity index is 1230. The molecule has 174 valence electrons. The van der Waals surface area contributed by atoms with Crippen LogP contribution in [-0.4, -0.2) is 20.9 Å². The minimum Gasteiger partial charge on any atom is -0.350 e. The molecule has 3 rings (SSSR count). The van der Waals surface area contributed by atoms with E-state index < -0.39 is 15.9 Å². The van der Waals surface area contributed by atoms with Gasteiger partial charge in [0.25, 0.3) is 10.0 Å². The minimum absolute atomic E-state index is 0.112. The van der Waals surface area contributed by atoms with Crippen LogP contribution in [0.1, 0.15) is 36.1 Å². The molecule has 0 radical (unpaired) electrons. The van der Waals surface area contributed by atoms with Crippen LogP contribution in [0.4, 0.5) is 5.69 Å². The molecule has 0 aliphatic carbocycles. The number of halogens is 1. The number of amides is 1. The second-order valence-electron chi connectivity index (χ2n) is 7.80. The Labute approximate surface area is 201 Å². The van der Waals surface area contributed by atoms with E-state index in [-0.39, 0.29) is 11.4 Å². The number of nitrogens with one attached hydrogen (secondary N) is 1. The van der Waals surface area contributed by atoms with Crippen molar-refractivity contribution < 1.29 is 13.2 Å². The van der Waals surface area contributed by atoms with Gasteiger partial charge < -0.3 is 5.32 Å². The lowest BCUT2D eigenvalue weighted by atomic mass is 10.0. The van der Waals surface area contributed by atoms with Crippen LogP contribution >= 0.6 is 11.6 Å². The van der Waals surface area contributed by atoms with Crippen LogP contribution in [0.15, 0.2) is 71.6 Å². The van der Waals surface area contributed by atoms with E-state index in [1.807, 2.05) is 0 Å². The summed E-state index contributed by atoms with van der Waals surface area (Å²) in [6.07, 6.45) is 1.76. The van der Waals surface area contributed by atoms with Gasteiger partial charge in [-0.05, 0) is 66.3 Å². The van der Waals surface area contributed by atoms with Crippen LogP contribution in [0.25, 0.3) is 0 Å². The molecular formula is C26H29ClN2O3S. The molecule has 1 amide bonds. The van der Waals surface area contributed by atoms with Gasteiger partial charge in [0.05, 0.1) is 10.6 Å². The van der Waals surface area contributed by atoms with E-state index in [0.717, 1.165) is 28.3 Å². The number of benzene rings is 3. The molecule has 1 N–H and O–H groups in total. The van der Waals surface area contributed by atoms with Gasteiger partial charge in [-0.2, -0.15) is 0 Å². The van der Waals surface area contributed by atoms with Crippen LogP contribution in [0.3, 0.4) is 0 Å². The molecule has 0 aliphatic rings. The molecule has 0 fully saturated rings. The van der Waals surface area contributed by atoms with Crippen molar-refractivity contribution >= 4 is 33.2 Å². The molecule has 0 bridgehead atoms. The maximum absolute atomic E-state index is 13.5. The zero-order valence-corrected chi connectivity index (χ0v) is 20.7. The summed E-state index contributed by atoms with van der Waals surface area (Å²) < 4.78 is 28.1. The molecule has 7 heteroatoms. The molecule has 5 nitrogen and oxygen atoms in total. The third-order valence-electron chi connectivity index (χ3n) is 5.66. The number of aryl methyl sites for hydroxylation is 2. The van der Waals surface area contributed by atoms with E-state index in [1.54, 1.807) is 43.3 Å². The Balaban J connectivity index is 1.90. The smallest absolute Gasteiger partial charge is 0.264 e. The quantitative estimate of drug-likeness (QED) is 0.449. The first-order valence-corrected chi connectivity index (χ1v) is 12.8. The third-order valence-corrected chi connectivity index (χ3v) is 7.85. The highest BCUT2D eigenvalue weighted by atomic mass is 35.5. The maximum Gasteiger partial charge on any atom is 0.264 e. The minimum atomic E-state index is -3.98. The standard InChI is InChI=1S/C26H29ClN2O3S/c1-4-20-14-15-21(5-2)22(16-20)17-28-26(30)18-29(25-13-9-12-24(27)19(25)3)33(31,32)23-10-7-6-8-11-23/h6-16H,4-5,17-18H2,1-3H3,(H,28,30). The SMILES string of the molecule is CCc1ccc(CC)c(CNC(=O)CN(c2cccc(Cl)c2C)S(=O)(=O)c2ccccc2)c1. The topological polar surface area (TPSA) is 66.5 Å². The Morgan fingerprint density at radius 2 is 1.67 bits per heavy atom. The van der Waals surface area contributed by atoms with E-state index in [9.17, 15) is 13.2 Å². The number of hydrogen-bond acceptors (Lipinski definition) is 3. The van der Waals surface area contributed by atoms with Crippen molar-refractivity contribution in [3.8, 4) is 0 Å². The number of nitrogens with zero attached hydrogens (tertiary/aromatic N) is 1. The normalized spacial score (nSPS) is 11.3. The monoisotopic (exact) mass is 484 g/mol. The van der Waals surface area contributed by atoms with E-state index in [4.69, 9.17) is 11.6 Å². The van der Waals surface area contributed by atoms with Crippen LogP contribution in [0, 0.1) is 6.92 Å². The van der Waals surface area contributed by atoms with Crippen molar-refractivity contribution in [3.63, 3.8) is 0 Å². The number of anilines is 1. The lowest BCUT2D eigenvalue weighted by Gasteiger charge is -2.26. The number of carbonyl (C=O) groups is 1.